The van der Waals surface area contributed by atoms with Gasteiger partial charge in [-0.25, -0.2) is 0 Å². The molecule has 0 saturated heterocycles. The number of pyridine rings is 1. The molecule has 100 valence electrons. The summed E-state index contributed by atoms with van der Waals surface area (Å²) in [5.41, 5.74) is 2.79. The first-order chi connectivity index (χ1) is 9.19. The van der Waals surface area contributed by atoms with Crippen LogP contribution in [0.25, 0.3) is 0 Å². The highest BCUT2D eigenvalue weighted by molar-refractivity contribution is 5.31. The number of ether oxygens (including phenoxy) is 1. The molecule has 1 aromatic carbocycles. The van der Waals surface area contributed by atoms with Crippen molar-refractivity contribution in [3.63, 3.8) is 0 Å². The molecule has 0 saturated carbocycles. The molecule has 0 unspecified atom stereocenters. The van der Waals surface area contributed by atoms with Crippen LogP contribution in [0.15, 0.2) is 36.4 Å². The highest BCUT2D eigenvalue weighted by Gasteiger charge is 2.05. The van der Waals surface area contributed by atoms with Gasteiger partial charge in [0.1, 0.15) is 18.1 Å². The molecular weight excluding hydrogens is 240 g/mol. The lowest BCUT2D eigenvalue weighted by Gasteiger charge is -2.11. The lowest BCUT2D eigenvalue weighted by molar-refractivity contribution is 0.299. The number of aryl methyl sites for hydroxylation is 1. The predicted octanol–water partition coefficient (Wildman–Crippen LogP) is 2.39. The van der Waals surface area contributed by atoms with Gasteiger partial charge in [0, 0.05) is 12.2 Å². The van der Waals surface area contributed by atoms with Crippen molar-refractivity contribution in [2.75, 3.05) is 7.05 Å². The first-order valence-electron chi connectivity index (χ1n) is 6.21. The van der Waals surface area contributed by atoms with Crippen LogP contribution >= 0.6 is 0 Å². The largest absolute Gasteiger partial charge is 0.508 e. The maximum atomic E-state index is 9.41. The zero-order valence-corrected chi connectivity index (χ0v) is 11.2. The number of aromatic nitrogens is 1. The molecule has 19 heavy (non-hydrogen) atoms. The van der Waals surface area contributed by atoms with Crippen LogP contribution in [-0.2, 0) is 13.2 Å². The average molecular weight is 258 g/mol. The molecule has 4 heteroatoms. The van der Waals surface area contributed by atoms with E-state index in [0.29, 0.717) is 13.2 Å². The molecule has 0 radical (unpaired) electrons. The molecule has 0 aliphatic rings. The topological polar surface area (TPSA) is 54.4 Å². The quantitative estimate of drug-likeness (QED) is 0.864. The maximum absolute atomic E-state index is 9.41. The van der Waals surface area contributed by atoms with Gasteiger partial charge in [0.2, 0.25) is 0 Å². The van der Waals surface area contributed by atoms with E-state index in [1.54, 1.807) is 18.2 Å². The van der Waals surface area contributed by atoms with E-state index in [1.165, 1.54) is 0 Å². The second-order valence-corrected chi connectivity index (χ2v) is 4.39. The summed E-state index contributed by atoms with van der Waals surface area (Å²) in [6, 6.07) is 10.9. The van der Waals surface area contributed by atoms with Crippen LogP contribution in [0.3, 0.4) is 0 Å². The van der Waals surface area contributed by atoms with Gasteiger partial charge in [-0.15, -0.1) is 0 Å². The van der Waals surface area contributed by atoms with Crippen LogP contribution in [0.4, 0.5) is 0 Å². The van der Waals surface area contributed by atoms with E-state index >= 15 is 0 Å². The predicted molar refractivity (Wildman–Crippen MR) is 74.2 cm³/mol. The van der Waals surface area contributed by atoms with Gasteiger partial charge in [0.15, 0.2) is 0 Å². The minimum absolute atomic E-state index is 0.249. The number of phenols is 1. The minimum Gasteiger partial charge on any atom is -0.508 e. The molecule has 0 atom stereocenters. The Bertz CT molecular complexity index is 556. The van der Waals surface area contributed by atoms with Crippen molar-refractivity contribution < 1.29 is 9.84 Å². The lowest BCUT2D eigenvalue weighted by atomic mass is 10.2. The highest BCUT2D eigenvalue weighted by atomic mass is 16.5. The molecule has 4 nitrogen and oxygen atoms in total. The Morgan fingerprint density at radius 2 is 2.11 bits per heavy atom. The van der Waals surface area contributed by atoms with Crippen molar-refractivity contribution in [2.45, 2.75) is 20.1 Å². The number of phenolic OH excluding ortho intramolecular Hbond substituents is 1. The number of aromatic hydroxyl groups is 1. The van der Waals surface area contributed by atoms with Crippen LogP contribution in [-0.4, -0.2) is 17.1 Å². The van der Waals surface area contributed by atoms with E-state index in [1.807, 2.05) is 32.2 Å². The minimum atomic E-state index is 0.249. The third-order valence-electron chi connectivity index (χ3n) is 2.72. The molecule has 0 aliphatic heterocycles. The second-order valence-electron chi connectivity index (χ2n) is 4.39. The molecule has 0 spiro atoms. The maximum Gasteiger partial charge on any atom is 0.142 e. The van der Waals surface area contributed by atoms with E-state index in [2.05, 4.69) is 10.3 Å². The number of benzene rings is 1. The van der Waals surface area contributed by atoms with Crippen molar-refractivity contribution in [3.8, 4) is 11.5 Å². The van der Waals surface area contributed by atoms with Gasteiger partial charge in [-0.1, -0.05) is 12.1 Å². The van der Waals surface area contributed by atoms with Crippen LogP contribution in [0.2, 0.25) is 0 Å². The van der Waals surface area contributed by atoms with E-state index in [4.69, 9.17) is 4.74 Å². The third-order valence-corrected chi connectivity index (χ3v) is 2.72. The Morgan fingerprint density at radius 1 is 1.26 bits per heavy atom. The average Bonchev–Trinajstić information content (AvgIpc) is 2.38. The fourth-order valence-electron chi connectivity index (χ4n) is 1.83. The summed E-state index contributed by atoms with van der Waals surface area (Å²) in [4.78, 5) is 4.46. The van der Waals surface area contributed by atoms with Gasteiger partial charge >= 0.3 is 0 Å². The summed E-state index contributed by atoms with van der Waals surface area (Å²) in [6.45, 7) is 3.03. The van der Waals surface area contributed by atoms with E-state index in [-0.39, 0.29) is 5.75 Å². The summed E-state index contributed by atoms with van der Waals surface area (Å²) < 4.78 is 5.77. The Kier molecular flexibility index (Phi) is 4.36. The van der Waals surface area contributed by atoms with Gasteiger partial charge in [0.25, 0.3) is 0 Å². The molecule has 0 bridgehead atoms. The Balaban J connectivity index is 2.10. The van der Waals surface area contributed by atoms with Gasteiger partial charge in [-0.3, -0.25) is 4.98 Å². The number of rotatable bonds is 5. The Hall–Kier alpha value is -2.07. The Morgan fingerprint density at radius 3 is 2.84 bits per heavy atom. The van der Waals surface area contributed by atoms with E-state index in [0.717, 1.165) is 22.7 Å². The van der Waals surface area contributed by atoms with Gasteiger partial charge in [0.05, 0.1) is 5.69 Å². The Labute approximate surface area is 113 Å². The fraction of sp³-hybridized carbons (Fsp3) is 0.267. The van der Waals surface area contributed by atoms with Crippen molar-refractivity contribution in [2.24, 2.45) is 0 Å². The molecule has 2 aromatic rings. The highest BCUT2D eigenvalue weighted by Crippen LogP contribution is 2.19. The van der Waals surface area contributed by atoms with Gasteiger partial charge < -0.3 is 15.2 Å². The first-order valence-corrected chi connectivity index (χ1v) is 6.21. The number of nitrogens with one attached hydrogen (secondary N) is 1. The van der Waals surface area contributed by atoms with Crippen molar-refractivity contribution in [1.29, 1.82) is 0 Å². The zero-order chi connectivity index (χ0) is 13.7. The van der Waals surface area contributed by atoms with Crippen LogP contribution < -0.4 is 10.1 Å². The lowest BCUT2D eigenvalue weighted by Crippen LogP contribution is -2.10. The molecule has 0 aliphatic carbocycles. The normalized spacial score (nSPS) is 10.4. The molecular formula is C15H18N2O2. The van der Waals surface area contributed by atoms with Crippen LogP contribution in [0.5, 0.6) is 11.5 Å². The summed E-state index contributed by atoms with van der Waals surface area (Å²) in [5, 5.41) is 12.5. The zero-order valence-electron chi connectivity index (χ0n) is 11.2. The monoisotopic (exact) mass is 258 g/mol. The molecule has 0 fully saturated rings. The second kappa shape index (κ2) is 6.20. The van der Waals surface area contributed by atoms with Crippen LogP contribution in [0.1, 0.15) is 17.0 Å². The summed E-state index contributed by atoms with van der Waals surface area (Å²) in [5.74, 6) is 1.02. The number of nitrogens with zero attached hydrogens (tertiary/aromatic N) is 1. The van der Waals surface area contributed by atoms with E-state index < -0.39 is 0 Å². The third kappa shape index (κ3) is 3.69. The van der Waals surface area contributed by atoms with Crippen molar-refractivity contribution >= 4 is 0 Å². The standard InChI is InChI=1S/C15H18N2O2/c1-11-6-7-15(14(17-11)9-16-2)19-10-12-4-3-5-13(18)8-12/h3-8,16,18H,9-10H2,1-2H3. The van der Waals surface area contributed by atoms with Gasteiger partial charge in [-0.2, -0.15) is 0 Å². The first kappa shape index (κ1) is 13.4. The van der Waals surface area contributed by atoms with Gasteiger partial charge in [-0.05, 0) is 43.8 Å². The smallest absolute Gasteiger partial charge is 0.142 e. The van der Waals surface area contributed by atoms with E-state index in [9.17, 15) is 5.11 Å². The van der Waals surface area contributed by atoms with Crippen LogP contribution in [0, 0.1) is 6.92 Å². The SMILES string of the molecule is CNCc1nc(C)ccc1OCc1cccc(O)c1. The van der Waals surface area contributed by atoms with Crippen molar-refractivity contribution in [3.05, 3.63) is 53.3 Å². The number of hydrogen-bond donors (Lipinski definition) is 2. The molecule has 1 aromatic heterocycles. The fourth-order valence-corrected chi connectivity index (χ4v) is 1.83. The summed E-state index contributed by atoms with van der Waals surface area (Å²) in [6.07, 6.45) is 0. The molecule has 2 N–H and O–H groups in total. The summed E-state index contributed by atoms with van der Waals surface area (Å²) in [7, 11) is 1.88. The summed E-state index contributed by atoms with van der Waals surface area (Å²) >= 11 is 0. The number of hydrogen-bond acceptors (Lipinski definition) is 4. The van der Waals surface area contributed by atoms with Crippen molar-refractivity contribution in [1.82, 2.24) is 10.3 Å². The molecule has 1 heterocycles. The molecule has 0 amide bonds. The molecule has 2 rings (SSSR count).